The van der Waals surface area contributed by atoms with Crippen LogP contribution in [0.15, 0.2) is 93.9 Å². The van der Waals surface area contributed by atoms with Crippen molar-refractivity contribution in [3.63, 3.8) is 0 Å². The van der Waals surface area contributed by atoms with Gasteiger partial charge in [-0.05, 0) is 109 Å². The molecule has 1 saturated carbocycles. The largest absolute Gasteiger partial charge is 0.506 e. The van der Waals surface area contributed by atoms with Crippen LogP contribution in [0.5, 0.6) is 11.5 Å². The molecule has 5 rings (SSSR count). The number of benzene rings is 4. The van der Waals surface area contributed by atoms with E-state index in [2.05, 4.69) is 89.0 Å². The Balaban J connectivity index is 1.83. The van der Waals surface area contributed by atoms with Gasteiger partial charge in [0.1, 0.15) is 11.5 Å². The lowest BCUT2D eigenvalue weighted by molar-refractivity contribution is 0.123. The Morgan fingerprint density at radius 2 is 1.08 bits per heavy atom. The summed E-state index contributed by atoms with van der Waals surface area (Å²) in [5, 5.41) is 23.2. The van der Waals surface area contributed by atoms with E-state index in [4.69, 9.17) is 0 Å². The van der Waals surface area contributed by atoms with E-state index in [1.165, 1.54) is 0 Å². The lowest BCUT2D eigenvalue weighted by atomic mass is 9.55. The quantitative estimate of drug-likeness (QED) is 0.239. The second-order valence-corrected chi connectivity index (χ2v) is 13.1. The molecule has 0 radical (unpaired) electrons. The molecule has 0 bridgehead atoms. The fourth-order valence-electron chi connectivity index (χ4n) is 6.65. The Kier molecular flexibility index (Phi) is 7.02. The molecule has 4 heteroatoms. The second kappa shape index (κ2) is 9.96. The van der Waals surface area contributed by atoms with Gasteiger partial charge >= 0.3 is 0 Å². The summed E-state index contributed by atoms with van der Waals surface area (Å²) < 4.78 is 1.33. The highest BCUT2D eigenvalue weighted by Crippen LogP contribution is 2.59. The third-order valence-corrected chi connectivity index (χ3v) is 8.96. The van der Waals surface area contributed by atoms with Crippen molar-refractivity contribution in [2.75, 3.05) is 0 Å². The van der Waals surface area contributed by atoms with Gasteiger partial charge in [0.05, 0.1) is 8.95 Å². The van der Waals surface area contributed by atoms with Crippen LogP contribution in [-0.4, -0.2) is 10.2 Å². The SMILES string of the molecule is CC1CC(C)(C)CC(c2cc(-c3ccccc3)cc(Br)c2O)(c2cc(-c3ccccc3)cc(Br)c2O)C1. The van der Waals surface area contributed by atoms with Crippen LogP contribution >= 0.6 is 31.9 Å². The van der Waals surface area contributed by atoms with Crippen LogP contribution in [0.3, 0.4) is 0 Å². The van der Waals surface area contributed by atoms with E-state index in [1.54, 1.807) is 0 Å². The summed E-state index contributed by atoms with van der Waals surface area (Å²) in [4.78, 5) is 0. The minimum Gasteiger partial charge on any atom is -0.506 e. The molecule has 0 aliphatic heterocycles. The number of hydrogen-bond acceptors (Lipinski definition) is 2. The Morgan fingerprint density at radius 1 is 0.649 bits per heavy atom. The average molecular weight is 620 g/mol. The third-order valence-electron chi connectivity index (χ3n) is 7.75. The number of phenols is 2. The molecule has 1 atom stereocenters. The van der Waals surface area contributed by atoms with Crippen LogP contribution in [0.25, 0.3) is 22.3 Å². The van der Waals surface area contributed by atoms with Gasteiger partial charge in [-0.1, -0.05) is 81.4 Å². The molecule has 1 fully saturated rings. The molecular weight excluding hydrogens is 588 g/mol. The van der Waals surface area contributed by atoms with Crippen LogP contribution in [0, 0.1) is 11.3 Å². The summed E-state index contributed by atoms with van der Waals surface area (Å²) in [6, 6.07) is 28.7. The number of halogens is 2. The molecule has 1 aliphatic rings. The van der Waals surface area contributed by atoms with Gasteiger partial charge in [0.15, 0.2) is 0 Å². The van der Waals surface area contributed by atoms with Crippen LogP contribution in [-0.2, 0) is 5.41 Å². The molecule has 37 heavy (non-hydrogen) atoms. The first-order valence-electron chi connectivity index (χ1n) is 12.8. The maximum atomic E-state index is 11.6. The highest BCUT2D eigenvalue weighted by Gasteiger charge is 2.48. The molecule has 0 aromatic heterocycles. The normalized spacial score (nSPS) is 18.5. The van der Waals surface area contributed by atoms with Crippen LogP contribution in [0.4, 0.5) is 0 Å². The predicted octanol–water partition coefficient (Wildman–Crippen LogP) is 10.1. The number of rotatable bonds is 4. The molecule has 2 N–H and O–H groups in total. The summed E-state index contributed by atoms with van der Waals surface area (Å²) >= 11 is 7.33. The zero-order valence-corrected chi connectivity index (χ0v) is 24.6. The molecule has 0 heterocycles. The highest BCUT2D eigenvalue weighted by molar-refractivity contribution is 9.11. The molecule has 2 nitrogen and oxygen atoms in total. The molecule has 1 aliphatic carbocycles. The third kappa shape index (κ3) is 4.98. The summed E-state index contributed by atoms with van der Waals surface area (Å²) in [5.41, 5.74) is 5.39. The molecule has 1 unspecified atom stereocenters. The number of aromatic hydroxyl groups is 2. The van der Waals surface area contributed by atoms with Gasteiger partial charge in [0.25, 0.3) is 0 Å². The van der Waals surface area contributed by atoms with E-state index < -0.39 is 5.41 Å². The van der Waals surface area contributed by atoms with E-state index in [9.17, 15) is 10.2 Å². The van der Waals surface area contributed by atoms with E-state index in [1.807, 2.05) is 48.5 Å². The number of hydrogen-bond donors (Lipinski definition) is 2. The molecular formula is C33H32Br2O2. The van der Waals surface area contributed by atoms with Crippen molar-refractivity contribution < 1.29 is 10.2 Å². The van der Waals surface area contributed by atoms with E-state index >= 15 is 0 Å². The van der Waals surface area contributed by atoms with Crippen molar-refractivity contribution in [2.45, 2.75) is 45.4 Å². The maximum Gasteiger partial charge on any atom is 0.133 e. The molecule has 4 aromatic carbocycles. The van der Waals surface area contributed by atoms with Crippen LogP contribution < -0.4 is 0 Å². The average Bonchev–Trinajstić information content (AvgIpc) is 2.86. The first kappa shape index (κ1) is 26.1. The van der Waals surface area contributed by atoms with Crippen molar-refractivity contribution >= 4 is 31.9 Å². The Morgan fingerprint density at radius 3 is 1.49 bits per heavy atom. The van der Waals surface area contributed by atoms with E-state index in [0.717, 1.165) is 52.6 Å². The van der Waals surface area contributed by atoms with Crippen molar-refractivity contribution in [3.05, 3.63) is 105 Å². The summed E-state index contributed by atoms with van der Waals surface area (Å²) in [5.74, 6) is 0.885. The van der Waals surface area contributed by atoms with Crippen molar-refractivity contribution in [2.24, 2.45) is 11.3 Å². The lowest BCUT2D eigenvalue weighted by Gasteiger charge is -2.49. The summed E-state index contributed by atoms with van der Waals surface area (Å²) in [7, 11) is 0. The standard InChI is InChI=1S/C33H32Br2O2/c1-21-18-32(2,3)20-33(19-21,26-14-24(16-28(34)30(26)36)22-10-6-4-7-11-22)27-15-25(17-29(35)31(27)37)23-12-8-5-9-13-23/h4-17,21,36-37H,18-20H2,1-3H3. The van der Waals surface area contributed by atoms with Crippen molar-refractivity contribution in [1.29, 1.82) is 0 Å². The minimum atomic E-state index is -0.587. The van der Waals surface area contributed by atoms with Gasteiger partial charge in [-0.3, -0.25) is 0 Å². The molecule has 0 spiro atoms. The van der Waals surface area contributed by atoms with Crippen molar-refractivity contribution in [3.8, 4) is 33.8 Å². The van der Waals surface area contributed by atoms with Gasteiger partial charge in [0.2, 0.25) is 0 Å². The van der Waals surface area contributed by atoms with Crippen LogP contribution in [0.2, 0.25) is 0 Å². The summed E-state index contributed by atoms with van der Waals surface area (Å²) in [6.07, 6.45) is 2.73. The van der Waals surface area contributed by atoms with E-state index in [-0.39, 0.29) is 16.9 Å². The Labute approximate surface area is 236 Å². The smallest absolute Gasteiger partial charge is 0.133 e. The zero-order valence-electron chi connectivity index (χ0n) is 21.4. The van der Waals surface area contributed by atoms with Crippen molar-refractivity contribution in [1.82, 2.24) is 0 Å². The highest BCUT2D eigenvalue weighted by atomic mass is 79.9. The summed E-state index contributed by atoms with van der Waals surface area (Å²) in [6.45, 7) is 6.89. The Hall–Kier alpha value is -2.56. The molecule has 190 valence electrons. The topological polar surface area (TPSA) is 40.5 Å². The first-order chi connectivity index (χ1) is 17.6. The van der Waals surface area contributed by atoms with Gasteiger partial charge in [0, 0.05) is 16.5 Å². The number of phenolic OH excluding ortho intramolecular Hbond substituents is 2. The lowest BCUT2D eigenvalue weighted by Crippen LogP contribution is -2.41. The maximum absolute atomic E-state index is 11.6. The molecule has 4 aromatic rings. The predicted molar refractivity (Wildman–Crippen MR) is 160 cm³/mol. The van der Waals surface area contributed by atoms with Gasteiger partial charge < -0.3 is 10.2 Å². The van der Waals surface area contributed by atoms with Gasteiger partial charge in [-0.25, -0.2) is 0 Å². The molecule has 0 saturated heterocycles. The van der Waals surface area contributed by atoms with Gasteiger partial charge in [-0.2, -0.15) is 0 Å². The van der Waals surface area contributed by atoms with E-state index in [0.29, 0.717) is 14.9 Å². The fraction of sp³-hybridized carbons (Fsp3) is 0.273. The zero-order chi connectivity index (χ0) is 26.4. The first-order valence-corrected chi connectivity index (χ1v) is 14.4. The monoisotopic (exact) mass is 618 g/mol. The fourth-order valence-corrected chi connectivity index (χ4v) is 7.57. The Bertz CT molecular complexity index is 1330. The van der Waals surface area contributed by atoms with Gasteiger partial charge in [-0.15, -0.1) is 0 Å². The minimum absolute atomic E-state index is 0.0149. The molecule has 0 amide bonds. The second-order valence-electron chi connectivity index (χ2n) is 11.4. The van der Waals surface area contributed by atoms with Crippen LogP contribution in [0.1, 0.15) is 51.2 Å².